The van der Waals surface area contributed by atoms with Crippen LogP contribution in [-0.4, -0.2) is 14.5 Å². The quantitative estimate of drug-likeness (QED) is 0.169. The average molecular weight is 690 g/mol. The Morgan fingerprint density at radius 2 is 1.04 bits per heavy atom. The Morgan fingerprint density at radius 1 is 0.389 bits per heavy atom. The molecule has 252 valence electrons. The van der Waals surface area contributed by atoms with E-state index in [0.29, 0.717) is 0 Å². The lowest BCUT2D eigenvalue weighted by Gasteiger charge is -2.16. The molecule has 54 heavy (non-hydrogen) atoms. The number of fused-ring (bicyclic) bond motifs is 7. The average Bonchev–Trinajstić information content (AvgIpc) is 3.82. The molecule has 8 aromatic carbocycles. The normalized spacial score (nSPS) is 11.7. The van der Waals surface area contributed by atoms with Gasteiger partial charge in [-0.15, -0.1) is 0 Å². The second-order valence-corrected chi connectivity index (χ2v) is 13.7. The van der Waals surface area contributed by atoms with Crippen LogP contribution in [0.5, 0.6) is 0 Å². The van der Waals surface area contributed by atoms with Crippen molar-refractivity contribution in [1.82, 2.24) is 14.5 Å². The van der Waals surface area contributed by atoms with E-state index < -0.39 is 0 Å². The number of hydrogen-bond acceptors (Lipinski definition) is 3. The van der Waals surface area contributed by atoms with Gasteiger partial charge in [-0.2, -0.15) is 0 Å². The first-order valence-electron chi connectivity index (χ1n) is 18.2. The van der Waals surface area contributed by atoms with Gasteiger partial charge >= 0.3 is 0 Å². The maximum atomic E-state index is 6.57. The second-order valence-electron chi connectivity index (χ2n) is 13.7. The van der Waals surface area contributed by atoms with E-state index in [0.717, 1.165) is 94.3 Å². The number of para-hydroxylation sites is 5. The Bertz CT molecular complexity index is 3200. The fourth-order valence-corrected chi connectivity index (χ4v) is 8.15. The number of imidazole rings is 1. The molecule has 0 spiro atoms. The van der Waals surface area contributed by atoms with Gasteiger partial charge < -0.3 is 4.42 Å². The Morgan fingerprint density at radius 3 is 1.87 bits per heavy atom. The minimum atomic E-state index is 0.857. The third-order valence-electron chi connectivity index (χ3n) is 10.6. The summed E-state index contributed by atoms with van der Waals surface area (Å²) in [4.78, 5) is 10.4. The van der Waals surface area contributed by atoms with Gasteiger partial charge in [0, 0.05) is 49.3 Å². The molecule has 4 nitrogen and oxygen atoms in total. The van der Waals surface area contributed by atoms with E-state index in [1.54, 1.807) is 0 Å². The lowest BCUT2D eigenvalue weighted by atomic mass is 9.89. The lowest BCUT2D eigenvalue weighted by Crippen LogP contribution is -1.97. The van der Waals surface area contributed by atoms with Crippen LogP contribution >= 0.6 is 0 Å². The van der Waals surface area contributed by atoms with Gasteiger partial charge in [-0.05, 0) is 65.2 Å². The lowest BCUT2D eigenvalue weighted by molar-refractivity contribution is 0.669. The molecule has 0 aliphatic heterocycles. The number of nitrogens with zero attached hydrogens (tertiary/aromatic N) is 3. The fraction of sp³-hybridized carbons (Fsp3) is 0. The smallest absolute Gasteiger partial charge is 0.145 e. The molecule has 0 bridgehead atoms. The molecular weight excluding hydrogens is 659 g/mol. The van der Waals surface area contributed by atoms with Crippen LogP contribution < -0.4 is 0 Å². The molecule has 0 aliphatic carbocycles. The molecule has 0 saturated carbocycles. The van der Waals surface area contributed by atoms with Crippen LogP contribution in [0.2, 0.25) is 0 Å². The molecule has 0 atom stereocenters. The van der Waals surface area contributed by atoms with E-state index >= 15 is 0 Å². The summed E-state index contributed by atoms with van der Waals surface area (Å²) < 4.78 is 8.82. The third kappa shape index (κ3) is 4.78. The summed E-state index contributed by atoms with van der Waals surface area (Å²) in [5.74, 6) is 0.916. The van der Waals surface area contributed by atoms with Crippen molar-refractivity contribution in [2.24, 2.45) is 0 Å². The summed E-state index contributed by atoms with van der Waals surface area (Å²) in [7, 11) is 0. The number of furan rings is 1. The molecule has 0 fully saturated rings. The zero-order chi connectivity index (χ0) is 35.6. The van der Waals surface area contributed by atoms with Crippen molar-refractivity contribution in [3.8, 4) is 50.6 Å². The minimum Gasteiger partial charge on any atom is -0.456 e. The highest BCUT2D eigenvalue weighted by molar-refractivity contribution is 6.27. The molecule has 11 aromatic rings. The van der Waals surface area contributed by atoms with Gasteiger partial charge in [0.1, 0.15) is 17.0 Å². The third-order valence-corrected chi connectivity index (χ3v) is 10.6. The molecule has 3 heterocycles. The molecule has 0 aliphatic rings. The molecule has 4 heteroatoms. The standard InChI is InChI=1S/C50H31N3O/c1-3-14-33(15-4-1)46-47-38-20-7-9-22-41(38)51-49(40(47)31-45-48(46)39-21-8-12-25-44(39)54-45)34-28-26-32(27-29-34)35-16-13-17-36(30-35)50-52-42-23-10-11-24-43(42)53(50)37-18-5-2-6-19-37/h1-31H. The maximum absolute atomic E-state index is 6.57. The first kappa shape index (κ1) is 30.3. The summed E-state index contributed by atoms with van der Waals surface area (Å²) >= 11 is 0. The number of rotatable bonds is 5. The summed E-state index contributed by atoms with van der Waals surface area (Å²) in [6.07, 6.45) is 0. The van der Waals surface area contributed by atoms with Gasteiger partial charge in [-0.25, -0.2) is 9.97 Å². The first-order chi connectivity index (χ1) is 26.8. The van der Waals surface area contributed by atoms with Crippen LogP contribution in [0.3, 0.4) is 0 Å². The second kappa shape index (κ2) is 12.1. The highest BCUT2D eigenvalue weighted by Crippen LogP contribution is 2.46. The molecule has 11 rings (SSSR count). The molecule has 0 unspecified atom stereocenters. The van der Waals surface area contributed by atoms with E-state index in [4.69, 9.17) is 14.4 Å². The largest absolute Gasteiger partial charge is 0.456 e. The predicted octanol–water partition coefficient (Wildman–Crippen LogP) is 13.3. The van der Waals surface area contributed by atoms with Crippen LogP contribution in [0.25, 0.3) is 105 Å². The highest BCUT2D eigenvalue weighted by Gasteiger charge is 2.22. The van der Waals surface area contributed by atoms with Gasteiger partial charge in [0.25, 0.3) is 0 Å². The molecule has 0 radical (unpaired) electrons. The molecule has 0 saturated heterocycles. The summed E-state index contributed by atoms with van der Waals surface area (Å²) in [5, 5.41) is 5.61. The zero-order valence-electron chi connectivity index (χ0n) is 29.1. The van der Waals surface area contributed by atoms with E-state index in [-0.39, 0.29) is 0 Å². The van der Waals surface area contributed by atoms with Gasteiger partial charge in [0.2, 0.25) is 0 Å². The highest BCUT2D eigenvalue weighted by atomic mass is 16.3. The van der Waals surface area contributed by atoms with Crippen LogP contribution in [0.15, 0.2) is 192 Å². The Labute approximate surface area is 311 Å². The van der Waals surface area contributed by atoms with Crippen molar-refractivity contribution in [2.45, 2.75) is 0 Å². The van der Waals surface area contributed by atoms with Crippen molar-refractivity contribution < 1.29 is 4.42 Å². The van der Waals surface area contributed by atoms with Crippen molar-refractivity contribution in [3.05, 3.63) is 188 Å². The Kier molecular flexibility index (Phi) is 6.82. The Balaban J connectivity index is 1.08. The van der Waals surface area contributed by atoms with Gasteiger partial charge in [0.05, 0.1) is 22.2 Å². The summed E-state index contributed by atoms with van der Waals surface area (Å²) in [6, 6.07) is 65.9. The van der Waals surface area contributed by atoms with Crippen molar-refractivity contribution in [1.29, 1.82) is 0 Å². The molecule has 0 amide bonds. The maximum Gasteiger partial charge on any atom is 0.145 e. The molecule has 0 N–H and O–H groups in total. The number of pyridine rings is 1. The fourth-order valence-electron chi connectivity index (χ4n) is 8.15. The summed E-state index contributed by atoms with van der Waals surface area (Å²) in [5.41, 5.74) is 13.4. The van der Waals surface area contributed by atoms with Crippen molar-refractivity contribution in [2.75, 3.05) is 0 Å². The van der Waals surface area contributed by atoms with E-state index in [1.165, 1.54) is 10.9 Å². The van der Waals surface area contributed by atoms with Crippen LogP contribution in [0.1, 0.15) is 0 Å². The number of benzene rings is 8. The topological polar surface area (TPSA) is 43.9 Å². The molecule has 3 aromatic heterocycles. The minimum absolute atomic E-state index is 0.857. The van der Waals surface area contributed by atoms with E-state index in [9.17, 15) is 0 Å². The predicted molar refractivity (Wildman–Crippen MR) is 223 cm³/mol. The van der Waals surface area contributed by atoms with E-state index in [2.05, 4.69) is 174 Å². The van der Waals surface area contributed by atoms with Crippen LogP contribution in [-0.2, 0) is 0 Å². The number of hydrogen-bond donors (Lipinski definition) is 0. The van der Waals surface area contributed by atoms with Crippen molar-refractivity contribution >= 4 is 54.6 Å². The zero-order valence-corrected chi connectivity index (χ0v) is 29.1. The van der Waals surface area contributed by atoms with Crippen LogP contribution in [0, 0.1) is 0 Å². The van der Waals surface area contributed by atoms with Gasteiger partial charge in [-0.3, -0.25) is 4.57 Å². The number of aromatic nitrogens is 3. The first-order valence-corrected chi connectivity index (χ1v) is 18.2. The van der Waals surface area contributed by atoms with Crippen molar-refractivity contribution in [3.63, 3.8) is 0 Å². The SMILES string of the molecule is c1ccc(-c2c3c(cc4c(-c5ccc(-c6cccc(-c7nc8ccccc8n7-c7ccccc7)c6)cc5)nc5ccccc5c24)oc2ccccc23)cc1. The van der Waals surface area contributed by atoms with E-state index in [1.807, 2.05) is 18.2 Å². The Hall–Kier alpha value is -7.30. The summed E-state index contributed by atoms with van der Waals surface area (Å²) in [6.45, 7) is 0. The van der Waals surface area contributed by atoms with Gasteiger partial charge in [0.15, 0.2) is 0 Å². The van der Waals surface area contributed by atoms with Gasteiger partial charge in [-0.1, -0.05) is 140 Å². The molecular formula is C50H31N3O. The van der Waals surface area contributed by atoms with Crippen LogP contribution in [0.4, 0.5) is 0 Å². The monoisotopic (exact) mass is 689 g/mol.